The van der Waals surface area contributed by atoms with Gasteiger partial charge in [0.05, 0.1) is 32.7 Å². The molecule has 0 radical (unpaired) electrons. The van der Waals surface area contributed by atoms with Gasteiger partial charge in [-0.1, -0.05) is 12.1 Å². The Hall–Kier alpha value is -3.94. The zero-order valence-electron chi connectivity index (χ0n) is 17.3. The normalized spacial score (nSPS) is 15.1. The number of carbonyl (C=O) groups excluding carboxylic acids is 1. The maximum Gasteiger partial charge on any atom is 0.339 e. The second-order valence-corrected chi connectivity index (χ2v) is 7.10. The largest absolute Gasteiger partial charge is 0.497 e. The first-order valence-electron chi connectivity index (χ1n) is 9.61. The van der Waals surface area contributed by atoms with Crippen LogP contribution in [-0.2, 0) is 4.79 Å². The van der Waals surface area contributed by atoms with Crippen molar-refractivity contribution in [1.82, 2.24) is 4.57 Å². The summed E-state index contributed by atoms with van der Waals surface area (Å²) in [6.07, 6.45) is 1.69. The van der Waals surface area contributed by atoms with Gasteiger partial charge in [-0.05, 0) is 29.8 Å². The smallest absolute Gasteiger partial charge is 0.339 e. The molecule has 31 heavy (non-hydrogen) atoms. The lowest BCUT2D eigenvalue weighted by atomic mass is 9.88. The molecule has 2 aromatic carbocycles. The van der Waals surface area contributed by atoms with Crippen molar-refractivity contribution >= 4 is 17.6 Å². The third-order valence-corrected chi connectivity index (χ3v) is 5.40. The quantitative estimate of drug-likeness (QED) is 0.629. The Labute approximate surface area is 179 Å². The van der Waals surface area contributed by atoms with Crippen molar-refractivity contribution < 1.29 is 28.9 Å². The van der Waals surface area contributed by atoms with Gasteiger partial charge < -0.3 is 29.2 Å². The van der Waals surface area contributed by atoms with E-state index in [0.29, 0.717) is 28.6 Å². The number of rotatable bonds is 6. The van der Waals surface area contributed by atoms with Gasteiger partial charge in [0.1, 0.15) is 11.3 Å². The first kappa shape index (κ1) is 20.3. The number of carboxylic acid groups (broad SMARTS) is 1. The first-order chi connectivity index (χ1) is 15.0. The third-order valence-electron chi connectivity index (χ3n) is 5.40. The monoisotopic (exact) mass is 422 g/mol. The van der Waals surface area contributed by atoms with E-state index in [4.69, 9.17) is 14.2 Å². The van der Waals surface area contributed by atoms with Crippen LogP contribution in [0.5, 0.6) is 17.2 Å². The predicted octanol–water partition coefficient (Wildman–Crippen LogP) is 3.68. The summed E-state index contributed by atoms with van der Waals surface area (Å²) in [4.78, 5) is 24.5. The van der Waals surface area contributed by atoms with E-state index in [1.165, 1.54) is 6.20 Å². The zero-order valence-corrected chi connectivity index (χ0v) is 17.3. The number of benzene rings is 2. The summed E-state index contributed by atoms with van der Waals surface area (Å²) in [6.45, 7) is 0. The number of nitrogens with one attached hydrogen (secondary N) is 1. The second kappa shape index (κ2) is 8.06. The highest BCUT2D eigenvalue weighted by Crippen LogP contribution is 2.43. The highest BCUT2D eigenvalue weighted by atomic mass is 16.5. The van der Waals surface area contributed by atoms with Crippen LogP contribution in [0.1, 0.15) is 34.0 Å². The van der Waals surface area contributed by atoms with Crippen LogP contribution in [0.25, 0.3) is 5.69 Å². The molecule has 8 heteroatoms. The molecule has 1 aliphatic rings. The van der Waals surface area contributed by atoms with E-state index < -0.39 is 5.97 Å². The molecule has 0 bridgehead atoms. The van der Waals surface area contributed by atoms with Gasteiger partial charge >= 0.3 is 5.97 Å². The number of carboxylic acids is 1. The second-order valence-electron chi connectivity index (χ2n) is 7.10. The number of aromatic nitrogens is 1. The summed E-state index contributed by atoms with van der Waals surface area (Å²) in [7, 11) is 4.67. The summed E-state index contributed by atoms with van der Waals surface area (Å²) in [6, 6.07) is 12.8. The molecule has 1 amide bonds. The van der Waals surface area contributed by atoms with E-state index in [-0.39, 0.29) is 23.8 Å². The molecule has 0 saturated heterocycles. The molecule has 8 nitrogen and oxygen atoms in total. The number of fused-ring (bicyclic) bond motifs is 1. The molecule has 0 fully saturated rings. The third kappa shape index (κ3) is 3.56. The molecule has 1 aromatic heterocycles. The lowest BCUT2D eigenvalue weighted by Gasteiger charge is -2.27. The van der Waals surface area contributed by atoms with Gasteiger partial charge in [0.2, 0.25) is 5.91 Å². The standard InChI is InChI=1S/C23H22N2O6/c1-29-15-6-4-5-14(10-15)25-12-17(23(27)28)21-22(25)16(11-20(26)24-21)13-7-8-18(30-2)19(9-13)31-3/h4-10,12,16H,11H2,1-3H3,(H,24,26)(H,27,28)/t16-/m1/s1. The van der Waals surface area contributed by atoms with Crippen molar-refractivity contribution in [3.05, 3.63) is 65.5 Å². The zero-order chi connectivity index (χ0) is 22.1. The molecule has 0 aliphatic carbocycles. The van der Waals surface area contributed by atoms with Gasteiger partial charge in [0.15, 0.2) is 11.5 Å². The summed E-state index contributed by atoms with van der Waals surface area (Å²) in [5.74, 6) is -0.0156. The van der Waals surface area contributed by atoms with E-state index >= 15 is 0 Å². The van der Waals surface area contributed by atoms with Crippen LogP contribution in [0.15, 0.2) is 48.7 Å². The number of carbonyl (C=O) groups is 2. The molecule has 3 aromatic rings. The van der Waals surface area contributed by atoms with E-state index in [1.54, 1.807) is 32.0 Å². The van der Waals surface area contributed by atoms with Crippen molar-refractivity contribution in [2.24, 2.45) is 0 Å². The van der Waals surface area contributed by atoms with Crippen LogP contribution < -0.4 is 19.5 Å². The number of hydrogen-bond donors (Lipinski definition) is 2. The minimum atomic E-state index is -1.12. The molecule has 1 aliphatic heterocycles. The number of amides is 1. The highest BCUT2D eigenvalue weighted by Gasteiger charge is 2.34. The van der Waals surface area contributed by atoms with Crippen molar-refractivity contribution in [3.8, 4) is 22.9 Å². The Morgan fingerprint density at radius 2 is 1.84 bits per heavy atom. The van der Waals surface area contributed by atoms with Gasteiger partial charge in [-0.15, -0.1) is 0 Å². The van der Waals surface area contributed by atoms with Crippen LogP contribution in [0.3, 0.4) is 0 Å². The van der Waals surface area contributed by atoms with Crippen molar-refractivity contribution in [2.45, 2.75) is 12.3 Å². The molecule has 0 saturated carbocycles. The Balaban J connectivity index is 1.95. The molecule has 160 valence electrons. The molecule has 4 rings (SSSR count). The van der Waals surface area contributed by atoms with Crippen LogP contribution in [-0.4, -0.2) is 42.9 Å². The molecular weight excluding hydrogens is 400 g/mol. The molecule has 2 N–H and O–H groups in total. The van der Waals surface area contributed by atoms with Crippen LogP contribution >= 0.6 is 0 Å². The van der Waals surface area contributed by atoms with Gasteiger partial charge in [-0.3, -0.25) is 4.79 Å². The average Bonchev–Trinajstić information content (AvgIpc) is 3.17. The van der Waals surface area contributed by atoms with E-state index in [0.717, 1.165) is 11.3 Å². The van der Waals surface area contributed by atoms with Crippen LogP contribution in [0, 0.1) is 0 Å². The molecule has 2 heterocycles. The maximum atomic E-state index is 12.5. The fourth-order valence-electron chi connectivity index (χ4n) is 3.95. The fourth-order valence-corrected chi connectivity index (χ4v) is 3.95. The summed E-state index contributed by atoms with van der Waals surface area (Å²) in [5, 5.41) is 12.5. The van der Waals surface area contributed by atoms with Gasteiger partial charge in [0.25, 0.3) is 0 Å². The Morgan fingerprint density at radius 1 is 1.06 bits per heavy atom. The van der Waals surface area contributed by atoms with Crippen LogP contribution in [0.2, 0.25) is 0 Å². The number of nitrogens with zero attached hydrogens (tertiary/aromatic N) is 1. The molecular formula is C23H22N2O6. The molecule has 0 unspecified atom stereocenters. The topological polar surface area (TPSA) is 99.0 Å². The number of anilines is 1. The SMILES string of the molecule is COc1cccc(-n2cc(C(=O)O)c3c2[C@@H](c2ccc(OC)c(OC)c2)CC(=O)N3)c1. The molecule has 1 atom stereocenters. The summed E-state index contributed by atoms with van der Waals surface area (Å²) < 4.78 is 17.9. The number of aromatic carboxylic acids is 1. The lowest BCUT2D eigenvalue weighted by Crippen LogP contribution is -2.25. The predicted molar refractivity (Wildman–Crippen MR) is 114 cm³/mol. The van der Waals surface area contributed by atoms with E-state index in [1.807, 2.05) is 36.4 Å². The number of methoxy groups -OCH3 is 3. The maximum absolute atomic E-state index is 12.5. The minimum absolute atomic E-state index is 0.0244. The summed E-state index contributed by atoms with van der Waals surface area (Å²) >= 11 is 0. The molecule has 0 spiro atoms. The van der Waals surface area contributed by atoms with Gasteiger partial charge in [-0.2, -0.15) is 0 Å². The fraction of sp³-hybridized carbons (Fsp3) is 0.217. The Bertz CT molecular complexity index is 1170. The van der Waals surface area contributed by atoms with Gasteiger partial charge in [0, 0.05) is 30.3 Å². The Morgan fingerprint density at radius 3 is 2.52 bits per heavy atom. The van der Waals surface area contributed by atoms with Crippen molar-refractivity contribution in [1.29, 1.82) is 0 Å². The average molecular weight is 422 g/mol. The van der Waals surface area contributed by atoms with E-state index in [9.17, 15) is 14.7 Å². The van der Waals surface area contributed by atoms with E-state index in [2.05, 4.69) is 5.32 Å². The van der Waals surface area contributed by atoms with Crippen molar-refractivity contribution in [3.63, 3.8) is 0 Å². The number of ether oxygens (including phenoxy) is 3. The number of hydrogen-bond acceptors (Lipinski definition) is 5. The highest BCUT2D eigenvalue weighted by molar-refractivity contribution is 6.04. The van der Waals surface area contributed by atoms with Gasteiger partial charge in [-0.25, -0.2) is 4.79 Å². The lowest BCUT2D eigenvalue weighted by molar-refractivity contribution is -0.116. The van der Waals surface area contributed by atoms with Crippen molar-refractivity contribution in [2.75, 3.05) is 26.6 Å². The van der Waals surface area contributed by atoms with Crippen LogP contribution in [0.4, 0.5) is 5.69 Å². The Kier molecular flexibility index (Phi) is 5.29. The first-order valence-corrected chi connectivity index (χ1v) is 9.61. The minimum Gasteiger partial charge on any atom is -0.497 e. The summed E-state index contributed by atoms with van der Waals surface area (Å²) in [5.41, 5.74) is 2.54.